The quantitative estimate of drug-likeness (QED) is 0.715. The molecule has 0 unspecified atom stereocenters. The molecule has 5 rings (SSSR count). The molecule has 1 aliphatic heterocycles. The van der Waals surface area contributed by atoms with Gasteiger partial charge in [-0.3, -0.25) is 4.79 Å². The number of benzene rings is 2. The second-order valence-corrected chi connectivity index (χ2v) is 8.11. The molecule has 29 heavy (non-hydrogen) atoms. The van der Waals surface area contributed by atoms with Crippen LogP contribution in [0.25, 0.3) is 11.1 Å². The summed E-state index contributed by atoms with van der Waals surface area (Å²) in [6.45, 7) is 3.96. The fourth-order valence-corrected chi connectivity index (χ4v) is 4.81. The molecule has 2 heterocycles. The number of piperidine rings is 1. The van der Waals surface area contributed by atoms with Crippen LogP contribution in [0.15, 0.2) is 48.5 Å². The molecular weight excluding hydrogens is 360 g/mol. The highest BCUT2D eigenvalue weighted by molar-refractivity contribution is 5.95. The topological polar surface area (TPSA) is 61.0 Å². The van der Waals surface area contributed by atoms with Crippen molar-refractivity contribution in [1.82, 2.24) is 20.2 Å². The minimum Gasteiger partial charge on any atom is -0.345 e. The second kappa shape index (κ2) is 7.16. The van der Waals surface area contributed by atoms with Crippen LogP contribution in [-0.4, -0.2) is 40.9 Å². The first-order valence-electron chi connectivity index (χ1n) is 10.4. The number of hydrogen-bond donors (Lipinski definition) is 2. The van der Waals surface area contributed by atoms with Crippen molar-refractivity contribution >= 4 is 5.91 Å². The molecule has 0 spiro atoms. The zero-order valence-corrected chi connectivity index (χ0v) is 16.9. The number of imidazole rings is 1. The van der Waals surface area contributed by atoms with Crippen LogP contribution in [-0.2, 0) is 0 Å². The van der Waals surface area contributed by atoms with Crippen LogP contribution in [0, 0.1) is 6.92 Å². The Bertz CT molecular complexity index is 1020. The number of nitrogens with zero attached hydrogens (tertiary/aromatic N) is 2. The smallest absolute Gasteiger partial charge is 0.274 e. The first-order valence-corrected chi connectivity index (χ1v) is 10.4. The summed E-state index contributed by atoms with van der Waals surface area (Å²) >= 11 is 0. The van der Waals surface area contributed by atoms with Crippen molar-refractivity contribution in [3.05, 3.63) is 76.9 Å². The van der Waals surface area contributed by atoms with Crippen LogP contribution in [0.5, 0.6) is 0 Å². The molecule has 5 nitrogen and oxygen atoms in total. The number of amides is 1. The molecule has 0 saturated carbocycles. The minimum atomic E-state index is -0.0895. The summed E-state index contributed by atoms with van der Waals surface area (Å²) in [5.74, 6) is 1.32. The van der Waals surface area contributed by atoms with E-state index >= 15 is 0 Å². The second-order valence-electron chi connectivity index (χ2n) is 8.11. The Morgan fingerprint density at radius 1 is 1.00 bits per heavy atom. The van der Waals surface area contributed by atoms with Gasteiger partial charge in [-0.05, 0) is 55.1 Å². The van der Waals surface area contributed by atoms with Crippen LogP contribution in [0.2, 0.25) is 0 Å². The van der Waals surface area contributed by atoms with Crippen LogP contribution >= 0.6 is 0 Å². The van der Waals surface area contributed by atoms with Gasteiger partial charge in [0.25, 0.3) is 5.91 Å². The molecule has 5 heteroatoms. The number of carbonyl (C=O) groups is 1. The maximum absolute atomic E-state index is 13.5. The van der Waals surface area contributed by atoms with Crippen molar-refractivity contribution in [2.45, 2.75) is 31.7 Å². The van der Waals surface area contributed by atoms with Crippen molar-refractivity contribution < 1.29 is 4.79 Å². The number of H-pyrrole nitrogens is 1. The van der Waals surface area contributed by atoms with E-state index in [0.29, 0.717) is 11.6 Å². The highest BCUT2D eigenvalue weighted by Crippen LogP contribution is 2.46. The molecule has 1 saturated heterocycles. The summed E-state index contributed by atoms with van der Waals surface area (Å²) in [5.41, 5.74) is 6.18. The van der Waals surface area contributed by atoms with Crippen molar-refractivity contribution in [3.8, 4) is 11.1 Å². The van der Waals surface area contributed by atoms with Gasteiger partial charge in [-0.15, -0.1) is 0 Å². The Hall–Kier alpha value is -2.92. The normalized spacial score (nSPS) is 16.5. The van der Waals surface area contributed by atoms with E-state index in [9.17, 15) is 4.79 Å². The monoisotopic (exact) mass is 386 g/mol. The molecule has 1 fully saturated rings. The molecule has 148 valence electrons. The first kappa shape index (κ1) is 18.1. The van der Waals surface area contributed by atoms with Gasteiger partial charge in [-0.25, -0.2) is 4.98 Å². The predicted molar refractivity (Wildman–Crippen MR) is 114 cm³/mol. The average Bonchev–Trinajstić information content (AvgIpc) is 3.31. The first-order chi connectivity index (χ1) is 14.1. The number of rotatable bonds is 3. The number of hydrogen-bond acceptors (Lipinski definition) is 3. The van der Waals surface area contributed by atoms with E-state index in [1.165, 1.54) is 22.3 Å². The molecular formula is C24H26N4O. The third-order valence-corrected chi connectivity index (χ3v) is 6.34. The highest BCUT2D eigenvalue weighted by atomic mass is 16.2. The molecule has 0 bridgehead atoms. The zero-order valence-electron chi connectivity index (χ0n) is 16.9. The van der Waals surface area contributed by atoms with Crippen LogP contribution < -0.4 is 5.32 Å². The van der Waals surface area contributed by atoms with E-state index in [0.717, 1.165) is 37.4 Å². The van der Waals surface area contributed by atoms with E-state index in [-0.39, 0.29) is 11.9 Å². The summed E-state index contributed by atoms with van der Waals surface area (Å²) in [7, 11) is 1.89. The lowest BCUT2D eigenvalue weighted by molar-refractivity contribution is 0.0751. The van der Waals surface area contributed by atoms with Gasteiger partial charge in [0.1, 0.15) is 11.5 Å². The standard InChI is InChI=1S/C24H26N4O/c1-15-21(27-23(26-15)16-11-13-25-14-12-16)24(29)28(2)22-19-9-5-3-7-17(19)18-8-4-6-10-20(18)22/h3-10,16,22,25H,11-14H2,1-2H3,(H,26,27). The van der Waals surface area contributed by atoms with Gasteiger partial charge < -0.3 is 15.2 Å². The van der Waals surface area contributed by atoms with Crippen molar-refractivity contribution in [1.29, 1.82) is 0 Å². The lowest BCUT2D eigenvalue weighted by atomic mass is 9.98. The summed E-state index contributed by atoms with van der Waals surface area (Å²) < 4.78 is 0. The SMILES string of the molecule is Cc1[nH]c(C2CCNCC2)nc1C(=O)N(C)C1c2ccccc2-c2ccccc21. The van der Waals surface area contributed by atoms with Crippen molar-refractivity contribution in [3.63, 3.8) is 0 Å². The fourth-order valence-electron chi connectivity index (χ4n) is 4.81. The molecule has 2 N–H and O–H groups in total. The van der Waals surface area contributed by atoms with E-state index in [2.05, 4.69) is 46.7 Å². The van der Waals surface area contributed by atoms with Crippen LogP contribution in [0.1, 0.15) is 57.9 Å². The van der Waals surface area contributed by atoms with E-state index in [1.807, 2.05) is 31.0 Å². The molecule has 1 amide bonds. The fraction of sp³-hybridized carbons (Fsp3) is 0.333. The Balaban J connectivity index is 1.49. The predicted octanol–water partition coefficient (Wildman–Crippen LogP) is 4.03. The van der Waals surface area contributed by atoms with Crippen molar-refractivity contribution in [2.75, 3.05) is 20.1 Å². The Labute approximate surface area is 171 Å². The highest BCUT2D eigenvalue weighted by Gasteiger charge is 2.35. The van der Waals surface area contributed by atoms with Crippen molar-refractivity contribution in [2.24, 2.45) is 0 Å². The lowest BCUT2D eigenvalue weighted by Gasteiger charge is -2.26. The molecule has 0 radical (unpaired) electrons. The molecule has 3 aromatic rings. The molecule has 0 atom stereocenters. The molecule has 1 aliphatic carbocycles. The maximum atomic E-state index is 13.5. The molecule has 1 aromatic heterocycles. The van der Waals surface area contributed by atoms with Gasteiger partial charge in [-0.2, -0.15) is 0 Å². The Morgan fingerprint density at radius 2 is 1.59 bits per heavy atom. The molecule has 2 aromatic carbocycles. The summed E-state index contributed by atoms with van der Waals surface area (Å²) in [6, 6.07) is 16.7. The zero-order chi connectivity index (χ0) is 20.0. The number of aromatic nitrogens is 2. The summed E-state index contributed by atoms with van der Waals surface area (Å²) in [5, 5.41) is 3.39. The number of fused-ring (bicyclic) bond motifs is 3. The van der Waals surface area contributed by atoms with Gasteiger partial charge in [-0.1, -0.05) is 48.5 Å². The number of aromatic amines is 1. The third-order valence-electron chi connectivity index (χ3n) is 6.34. The minimum absolute atomic E-state index is 0.0320. The van der Waals surface area contributed by atoms with Gasteiger partial charge in [0, 0.05) is 18.7 Å². The Kier molecular flexibility index (Phi) is 4.47. The third kappa shape index (κ3) is 2.97. The summed E-state index contributed by atoms with van der Waals surface area (Å²) in [6.07, 6.45) is 2.11. The van der Waals surface area contributed by atoms with Gasteiger partial charge in [0.2, 0.25) is 0 Å². The van der Waals surface area contributed by atoms with E-state index in [4.69, 9.17) is 4.98 Å². The Morgan fingerprint density at radius 3 is 2.21 bits per heavy atom. The van der Waals surface area contributed by atoms with Gasteiger partial charge in [0.05, 0.1) is 6.04 Å². The summed E-state index contributed by atoms with van der Waals surface area (Å²) in [4.78, 5) is 23.5. The number of carbonyl (C=O) groups excluding carboxylic acids is 1. The van der Waals surface area contributed by atoms with Crippen LogP contribution in [0.3, 0.4) is 0 Å². The lowest BCUT2D eigenvalue weighted by Crippen LogP contribution is -2.31. The molecule has 2 aliphatic rings. The van der Waals surface area contributed by atoms with Crippen LogP contribution in [0.4, 0.5) is 0 Å². The van der Waals surface area contributed by atoms with E-state index < -0.39 is 0 Å². The van der Waals surface area contributed by atoms with E-state index in [1.54, 1.807) is 0 Å². The van der Waals surface area contributed by atoms with Gasteiger partial charge in [0.15, 0.2) is 0 Å². The van der Waals surface area contributed by atoms with Gasteiger partial charge >= 0.3 is 0 Å². The number of aryl methyl sites for hydroxylation is 1. The average molecular weight is 386 g/mol. The maximum Gasteiger partial charge on any atom is 0.274 e. The largest absolute Gasteiger partial charge is 0.345 e. The number of nitrogens with one attached hydrogen (secondary N) is 2.